The molecule has 50 heteroatoms. The molecule has 4 aromatic heterocycles. The summed E-state index contributed by atoms with van der Waals surface area (Å²) in [5.41, 5.74) is 0.359. The molecule has 8 N–H and O–H groups in total. The molecule has 135 heavy (non-hydrogen) atoms. The van der Waals surface area contributed by atoms with E-state index >= 15 is 0 Å². The van der Waals surface area contributed by atoms with Crippen LogP contribution >= 0.6 is 91.8 Å². The van der Waals surface area contributed by atoms with Crippen molar-refractivity contribution < 1.29 is 123 Å². The number of thiazole rings is 4. The molecule has 8 atom stereocenters. The number of carbonyl (C=O) groups excluding carboxylic acids is 4. The van der Waals surface area contributed by atoms with Gasteiger partial charge in [0, 0.05) is 148 Å². The van der Waals surface area contributed by atoms with Crippen molar-refractivity contribution in [2.24, 2.45) is 20.0 Å². The molecule has 8 aliphatic heterocycles. The number of benzene rings is 4. The molecule has 0 amide bonds. The largest absolute Gasteiger partial charge is 0.480 e. The van der Waals surface area contributed by atoms with Gasteiger partial charge in [0.05, 0.1) is 107 Å². The van der Waals surface area contributed by atoms with Crippen LogP contribution in [0.3, 0.4) is 0 Å². The number of morpholine rings is 3. The number of nitrogens with zero attached hydrogens (tertiary/aromatic N) is 12. The number of hydrogen-bond donors (Lipinski definition) is 8. The minimum Gasteiger partial charge on any atom is -0.480 e. The zero-order valence-electron chi connectivity index (χ0n) is 71.2. The summed E-state index contributed by atoms with van der Waals surface area (Å²) in [6.45, 7) is 2.34. The first-order valence-electron chi connectivity index (χ1n) is 40.3. The molecule has 16 rings (SSSR count). The van der Waals surface area contributed by atoms with Gasteiger partial charge in [0.1, 0.15) is 65.3 Å². The molecule has 0 spiro atoms. The molecule has 4 fully saturated rings. The second kappa shape index (κ2) is 44.5. The molecule has 0 radical (unpaired) electrons. The molecule has 0 unspecified atom stereocenters. The number of likely N-dealkylation sites (tertiary alicyclic amines) is 1. The van der Waals surface area contributed by atoms with Gasteiger partial charge in [0.15, 0.2) is 55.0 Å². The third-order valence-corrected chi connectivity index (χ3v) is 26.3. The zero-order chi connectivity index (χ0) is 97.0. The lowest BCUT2D eigenvalue weighted by molar-refractivity contribution is -0.161. The Balaban J connectivity index is 0.000000152. The van der Waals surface area contributed by atoms with Gasteiger partial charge in [0.2, 0.25) is 0 Å². The third kappa shape index (κ3) is 23.2. The summed E-state index contributed by atoms with van der Waals surface area (Å²) in [7, 11) is 4.75. The second-order valence-corrected chi connectivity index (χ2v) is 35.6. The summed E-state index contributed by atoms with van der Waals surface area (Å²) in [6.07, 6.45) is 5.42. The first-order chi connectivity index (χ1) is 64.5. The molecular weight excluding hydrogens is 1950 g/mol. The Bertz CT molecular complexity index is 6110. The van der Waals surface area contributed by atoms with E-state index in [0.717, 1.165) is 30.2 Å². The number of aliphatic imine (C=N–C) groups is 4. The van der Waals surface area contributed by atoms with E-state index in [2.05, 4.69) is 61.2 Å². The number of carboxylic acid groups (broad SMARTS) is 4. The van der Waals surface area contributed by atoms with E-state index in [0.29, 0.717) is 75.0 Å². The Morgan fingerprint density at radius 1 is 0.459 bits per heavy atom. The maximum atomic E-state index is 14.9. The van der Waals surface area contributed by atoms with Gasteiger partial charge < -0.3 is 74.9 Å². The Morgan fingerprint density at radius 2 is 0.837 bits per heavy atom. The predicted octanol–water partition coefficient (Wildman–Crippen LogP) is 10.5. The van der Waals surface area contributed by atoms with Gasteiger partial charge in [-0.1, -0.05) is 70.7 Å². The van der Waals surface area contributed by atoms with E-state index in [9.17, 15) is 89.5 Å². The van der Waals surface area contributed by atoms with Crippen LogP contribution < -0.4 is 21.3 Å². The molecule has 12 heterocycles. The standard InChI is InChI=1S/C22H21ClF2N4O5S.C21H18ClF3N4O4S.2C21H20ClFN4O5S/c1-22(21(31)32)10-34-7-6-29(22)9-13-14(20(30)33-2)17(11-3-4-12(24)16(25)15(11)23)28-18(27-13)19-26-5-8-35-19;1-33-20(32)15-13(8-29-9-21(24,25)7-14(29)19(30)31)27-17(18-26-4-5-34-18)28-16(15)11-3-2-10(22)6-12(11)23;1-31-21(30)16-14(9-27-5-6-32-10-15(27)20(28)29)25-18(19-24-4-7-33-19)26-17(16)12-3-2-11(22)8-13(12)23;1-31-21(30)16-14(9-27-5-6-32-10-15(27)20(28)29)25-18(19-24-4-7-33-19)26-17(16)11-2-3-12(22)13(23)8-11/h3-5,8,17H,6-7,9-10H2,1-2H3,(H,27,28)(H,31,32);2-6,14,16H,7-9H2,1H3,(H,27,28)(H,30,31);2*2-4,7-8,15,17H,5-6,9-10H2,1H3,(H,25,26)(H,28,29)/t17-,22-;14-,16-;2*15-,17-/m0000/s1. The molecule has 8 aliphatic rings. The van der Waals surface area contributed by atoms with Crippen LogP contribution in [0.2, 0.25) is 20.1 Å². The van der Waals surface area contributed by atoms with Gasteiger partial charge in [-0.25, -0.2) is 69.8 Å². The van der Waals surface area contributed by atoms with E-state index in [1.807, 2.05) is 0 Å². The first-order valence-corrected chi connectivity index (χ1v) is 45.3. The van der Waals surface area contributed by atoms with Gasteiger partial charge in [-0.3, -0.25) is 58.7 Å². The quantitative estimate of drug-likeness (QED) is 0.0121. The molecule has 8 aromatic rings. The maximum Gasteiger partial charge on any atom is 0.338 e. The number of methoxy groups -OCH3 is 4. The summed E-state index contributed by atoms with van der Waals surface area (Å²) >= 11 is 28.9. The van der Waals surface area contributed by atoms with Crippen molar-refractivity contribution in [3.63, 3.8) is 0 Å². The van der Waals surface area contributed by atoms with Crippen molar-refractivity contribution in [1.82, 2.24) is 60.8 Å². The molecule has 4 aromatic carbocycles. The molecule has 4 saturated heterocycles. The van der Waals surface area contributed by atoms with Crippen molar-refractivity contribution in [2.75, 3.05) is 120 Å². The summed E-state index contributed by atoms with van der Waals surface area (Å²) in [5.74, 6) is -14.1. The van der Waals surface area contributed by atoms with Gasteiger partial charge in [-0.05, 0) is 55.0 Å². The van der Waals surface area contributed by atoms with Crippen molar-refractivity contribution in [2.45, 2.75) is 67.1 Å². The number of ether oxygens (including phenoxy) is 7. The zero-order valence-corrected chi connectivity index (χ0v) is 77.5. The SMILES string of the molecule is COC(=O)C1=C(CN2CC(F)(F)C[C@H]2C(=O)O)NC(c2nccs2)=N[C@H]1c1ccc(Cl)cc1F.COC(=O)C1=C(CN2CCOC[C@@]2(C)C(=O)O)NC(c2nccs2)=N[C@H]1c1ccc(F)c(F)c1Cl.COC(=O)C1=C(CN2CCOC[C@H]2C(=O)O)NC(c2nccs2)=N[C@H]1c1ccc(Cl)c(F)c1.COC(=O)C1=C(CN2CCOC[C@H]2C(=O)O)NC(c2nccs2)=N[C@H]1c1ccc(Cl)cc1F. The summed E-state index contributed by atoms with van der Waals surface area (Å²) in [4.78, 5) is 140. The van der Waals surface area contributed by atoms with E-state index in [1.165, 1.54) is 122 Å². The van der Waals surface area contributed by atoms with Crippen LogP contribution in [0.5, 0.6) is 0 Å². The maximum absolute atomic E-state index is 14.9. The number of halogens is 11. The van der Waals surface area contributed by atoms with Crippen molar-refractivity contribution in [1.29, 1.82) is 0 Å². The fraction of sp³-hybridized carbons (Fsp3) is 0.341. The topological polar surface area (TPSA) is 444 Å². The van der Waals surface area contributed by atoms with E-state index in [1.54, 1.807) is 60.9 Å². The number of rotatable bonds is 24. The minimum atomic E-state index is -3.22. The summed E-state index contributed by atoms with van der Waals surface area (Å²) in [5, 5.41) is 59.5. The van der Waals surface area contributed by atoms with Crippen molar-refractivity contribution in [3.05, 3.63) is 250 Å². The number of esters is 4. The van der Waals surface area contributed by atoms with Gasteiger partial charge >= 0.3 is 47.8 Å². The van der Waals surface area contributed by atoms with Crippen LogP contribution in [0.25, 0.3) is 0 Å². The van der Waals surface area contributed by atoms with Gasteiger partial charge in [-0.2, -0.15) is 0 Å². The molecule has 714 valence electrons. The fourth-order valence-corrected chi connectivity index (χ4v) is 18.4. The van der Waals surface area contributed by atoms with Crippen molar-refractivity contribution in [3.8, 4) is 0 Å². The third-order valence-electron chi connectivity index (χ3n) is 22.0. The highest BCUT2D eigenvalue weighted by Gasteiger charge is 2.51. The Labute approximate surface area is 798 Å². The number of alkyl halides is 2. The number of amidine groups is 4. The highest BCUT2D eigenvalue weighted by Crippen LogP contribution is 2.43. The van der Waals surface area contributed by atoms with Crippen LogP contribution in [-0.4, -0.2) is 281 Å². The van der Waals surface area contributed by atoms with Crippen LogP contribution in [0, 0.1) is 29.1 Å². The number of aromatic nitrogens is 4. The number of nitrogens with one attached hydrogen (secondary N) is 4. The normalized spacial score (nSPS) is 22.0. The lowest BCUT2D eigenvalue weighted by atomic mass is 9.93. The van der Waals surface area contributed by atoms with Crippen LogP contribution in [0.15, 0.2) is 178 Å². The average Bonchev–Trinajstić information content (AvgIpc) is 1.69. The number of carboxylic acids is 4. The lowest BCUT2D eigenvalue weighted by Crippen LogP contribution is -2.61. The van der Waals surface area contributed by atoms with Crippen LogP contribution in [0.1, 0.15) is 79.8 Å². The predicted molar refractivity (Wildman–Crippen MR) is 479 cm³/mol. The van der Waals surface area contributed by atoms with Gasteiger partial charge in [-0.15, -0.1) is 45.3 Å². The van der Waals surface area contributed by atoms with E-state index in [-0.39, 0.29) is 136 Å². The Morgan fingerprint density at radius 3 is 1.21 bits per heavy atom. The molecule has 0 saturated carbocycles. The fourth-order valence-electron chi connectivity index (χ4n) is 15.3. The summed E-state index contributed by atoms with van der Waals surface area (Å²) < 4.78 is 136. The summed E-state index contributed by atoms with van der Waals surface area (Å²) in [6, 6.07) is 6.70. The molecule has 0 bridgehead atoms. The number of aliphatic carboxylic acids is 4. The number of hydrogen-bond acceptors (Lipinski definition) is 35. The number of carbonyl (C=O) groups is 8. The van der Waals surface area contributed by atoms with E-state index in [4.69, 9.17) is 79.6 Å². The van der Waals surface area contributed by atoms with Crippen LogP contribution in [-0.2, 0) is 71.5 Å². The smallest absolute Gasteiger partial charge is 0.338 e. The Hall–Kier alpha value is -11.6. The lowest BCUT2D eigenvalue weighted by Gasteiger charge is -2.42. The Kier molecular flexibility index (Phi) is 33.2. The van der Waals surface area contributed by atoms with Crippen LogP contribution in [0.4, 0.5) is 30.7 Å². The minimum absolute atomic E-state index is 0.000562. The van der Waals surface area contributed by atoms with Gasteiger partial charge in [0.25, 0.3) is 5.92 Å². The van der Waals surface area contributed by atoms with Crippen molar-refractivity contribution >= 4 is 163 Å². The monoisotopic (exact) mass is 2030 g/mol. The molecular formula is C85H79Cl4F7N16O19S4. The second-order valence-electron chi connectivity index (χ2n) is 30.3. The molecule has 35 nitrogen and oxygen atoms in total. The van der Waals surface area contributed by atoms with E-state index < -0.39 is 149 Å². The average molecular weight is 2030 g/mol. The highest BCUT2D eigenvalue weighted by atomic mass is 35.5. The molecule has 0 aliphatic carbocycles. The highest BCUT2D eigenvalue weighted by molar-refractivity contribution is 7.12. The first kappa shape index (κ1) is 101.